The number of ether oxygens (including phenoxy) is 1. The molecule has 6 nitrogen and oxygen atoms in total. The molecular weight excluding hydrogens is 490 g/mol. The highest BCUT2D eigenvalue weighted by Crippen LogP contribution is 2.28. The Morgan fingerprint density at radius 2 is 1.79 bits per heavy atom. The molecule has 1 atom stereocenters. The summed E-state index contributed by atoms with van der Waals surface area (Å²) in [5.41, 5.74) is 0.954. The van der Waals surface area contributed by atoms with Gasteiger partial charge < -0.3 is 10.1 Å². The monoisotopic (exact) mass is 510 g/mol. The molecule has 0 aliphatic rings. The number of anilines is 1. The van der Waals surface area contributed by atoms with Gasteiger partial charge in [0, 0.05) is 10.7 Å². The second-order valence-corrected chi connectivity index (χ2v) is 9.53. The molecule has 0 heterocycles. The van der Waals surface area contributed by atoms with E-state index in [2.05, 4.69) is 10.0 Å². The molecule has 2 N–H and O–H groups in total. The van der Waals surface area contributed by atoms with E-state index < -0.39 is 27.8 Å². The summed E-state index contributed by atoms with van der Waals surface area (Å²) in [5, 5.41) is 2.61. The van der Waals surface area contributed by atoms with E-state index >= 15 is 0 Å². The van der Waals surface area contributed by atoms with Gasteiger partial charge in [0.05, 0.1) is 11.6 Å². The lowest BCUT2D eigenvalue weighted by molar-refractivity contribution is -0.117. The van der Waals surface area contributed by atoms with E-state index in [1.54, 1.807) is 31.2 Å². The standard InChI is InChI=1S/C23H21Cl2FN2O4S/c1-2-32-21-11-8-16(24)13-22(21)33(30,31)28-20(12-15-6-4-3-5-7-15)23(29)27-17-9-10-19(26)18(25)14-17/h3-11,13-14,20,28H,2,12H2,1H3,(H,27,29). The van der Waals surface area contributed by atoms with Crippen LogP contribution in [-0.2, 0) is 21.2 Å². The summed E-state index contributed by atoms with van der Waals surface area (Å²) in [6, 6.07) is 15.6. The van der Waals surface area contributed by atoms with Crippen LogP contribution >= 0.6 is 23.2 Å². The zero-order valence-electron chi connectivity index (χ0n) is 17.5. The molecule has 0 aromatic heterocycles. The van der Waals surface area contributed by atoms with Crippen molar-refractivity contribution in [3.05, 3.63) is 88.2 Å². The maximum absolute atomic E-state index is 13.5. The summed E-state index contributed by atoms with van der Waals surface area (Å²) in [4.78, 5) is 12.9. The Balaban J connectivity index is 1.93. The van der Waals surface area contributed by atoms with Gasteiger partial charge in [-0.15, -0.1) is 0 Å². The maximum Gasteiger partial charge on any atom is 0.245 e. The first kappa shape index (κ1) is 25.0. The number of benzene rings is 3. The largest absolute Gasteiger partial charge is 0.492 e. The van der Waals surface area contributed by atoms with Crippen LogP contribution < -0.4 is 14.8 Å². The summed E-state index contributed by atoms with van der Waals surface area (Å²) in [5.74, 6) is -1.18. The van der Waals surface area contributed by atoms with Crippen molar-refractivity contribution < 1.29 is 22.3 Å². The minimum atomic E-state index is -4.21. The van der Waals surface area contributed by atoms with Crippen molar-refractivity contribution in [2.24, 2.45) is 0 Å². The third-order valence-electron chi connectivity index (χ3n) is 4.58. The van der Waals surface area contributed by atoms with Gasteiger partial charge in [0.2, 0.25) is 15.9 Å². The Bertz CT molecular complexity index is 1240. The van der Waals surface area contributed by atoms with Gasteiger partial charge in [-0.25, -0.2) is 12.8 Å². The lowest BCUT2D eigenvalue weighted by atomic mass is 10.1. The smallest absolute Gasteiger partial charge is 0.245 e. The zero-order chi connectivity index (χ0) is 24.0. The van der Waals surface area contributed by atoms with E-state index in [1.165, 1.54) is 30.3 Å². The summed E-state index contributed by atoms with van der Waals surface area (Å²) in [6.45, 7) is 1.96. The molecule has 0 aliphatic carbocycles. The first-order valence-corrected chi connectivity index (χ1v) is 12.2. The predicted octanol–water partition coefficient (Wildman–Crippen LogP) is 5.06. The van der Waals surface area contributed by atoms with Crippen molar-refractivity contribution in [3.63, 3.8) is 0 Å². The predicted molar refractivity (Wildman–Crippen MR) is 127 cm³/mol. The van der Waals surface area contributed by atoms with Crippen LogP contribution in [0.4, 0.5) is 10.1 Å². The molecule has 33 heavy (non-hydrogen) atoms. The van der Waals surface area contributed by atoms with Crippen LogP contribution in [0, 0.1) is 5.82 Å². The van der Waals surface area contributed by atoms with E-state index in [9.17, 15) is 17.6 Å². The topological polar surface area (TPSA) is 84.5 Å². The van der Waals surface area contributed by atoms with Gasteiger partial charge in [0.1, 0.15) is 22.5 Å². The average molecular weight is 511 g/mol. The molecule has 1 amide bonds. The van der Waals surface area contributed by atoms with E-state index in [0.29, 0.717) is 0 Å². The zero-order valence-corrected chi connectivity index (χ0v) is 19.8. The lowest BCUT2D eigenvalue weighted by Gasteiger charge is -2.20. The number of carbonyl (C=O) groups excluding carboxylic acids is 1. The van der Waals surface area contributed by atoms with Crippen LogP contribution in [0.5, 0.6) is 5.75 Å². The molecular formula is C23H21Cl2FN2O4S. The molecule has 0 saturated heterocycles. The highest BCUT2D eigenvalue weighted by molar-refractivity contribution is 7.89. The normalized spacial score (nSPS) is 12.2. The van der Waals surface area contributed by atoms with Crippen molar-refractivity contribution in [2.75, 3.05) is 11.9 Å². The van der Waals surface area contributed by atoms with Crippen LogP contribution in [-0.4, -0.2) is 27.0 Å². The van der Waals surface area contributed by atoms with Gasteiger partial charge in [-0.05, 0) is 55.3 Å². The quantitative estimate of drug-likeness (QED) is 0.421. The first-order chi connectivity index (χ1) is 15.7. The fourth-order valence-electron chi connectivity index (χ4n) is 3.06. The van der Waals surface area contributed by atoms with Gasteiger partial charge in [-0.3, -0.25) is 4.79 Å². The fraction of sp³-hybridized carbons (Fsp3) is 0.174. The molecule has 0 fully saturated rings. The van der Waals surface area contributed by atoms with E-state index in [0.717, 1.165) is 11.6 Å². The second kappa shape index (κ2) is 11.0. The number of amides is 1. The van der Waals surface area contributed by atoms with Crippen molar-refractivity contribution in [2.45, 2.75) is 24.3 Å². The van der Waals surface area contributed by atoms with Crippen molar-refractivity contribution >= 4 is 44.8 Å². The van der Waals surface area contributed by atoms with Gasteiger partial charge in [0.25, 0.3) is 0 Å². The van der Waals surface area contributed by atoms with Crippen molar-refractivity contribution in [1.29, 1.82) is 0 Å². The Morgan fingerprint density at radius 3 is 2.45 bits per heavy atom. The van der Waals surface area contributed by atoms with Crippen LogP contribution in [0.2, 0.25) is 10.0 Å². The number of halogens is 3. The third kappa shape index (κ3) is 6.68. The molecule has 174 valence electrons. The summed E-state index contributed by atoms with van der Waals surface area (Å²) >= 11 is 11.8. The number of rotatable bonds is 9. The molecule has 0 saturated carbocycles. The second-order valence-electron chi connectivity index (χ2n) is 7.01. The van der Waals surface area contributed by atoms with Gasteiger partial charge in [-0.2, -0.15) is 4.72 Å². The van der Waals surface area contributed by atoms with E-state index in [4.69, 9.17) is 27.9 Å². The van der Waals surface area contributed by atoms with Crippen LogP contribution in [0.3, 0.4) is 0 Å². The van der Waals surface area contributed by atoms with E-state index in [1.807, 2.05) is 6.07 Å². The lowest BCUT2D eigenvalue weighted by Crippen LogP contribution is -2.45. The Morgan fingerprint density at radius 1 is 1.06 bits per heavy atom. The molecule has 3 rings (SSSR count). The molecule has 0 bridgehead atoms. The molecule has 3 aromatic carbocycles. The molecule has 1 unspecified atom stereocenters. The van der Waals surface area contributed by atoms with Gasteiger partial charge in [0.15, 0.2) is 0 Å². The van der Waals surface area contributed by atoms with Crippen LogP contribution in [0.15, 0.2) is 71.6 Å². The number of sulfonamides is 1. The Kier molecular flexibility index (Phi) is 8.31. The fourth-order valence-corrected chi connectivity index (χ4v) is 4.84. The Hall–Kier alpha value is -2.65. The minimum absolute atomic E-state index is 0.0609. The molecule has 0 radical (unpaired) electrons. The molecule has 3 aromatic rings. The van der Waals surface area contributed by atoms with Crippen LogP contribution in [0.1, 0.15) is 12.5 Å². The SMILES string of the molecule is CCOc1ccc(Cl)cc1S(=O)(=O)NC(Cc1ccccc1)C(=O)Nc1ccc(F)c(Cl)c1. The third-order valence-corrected chi connectivity index (χ3v) is 6.60. The van der Waals surface area contributed by atoms with Gasteiger partial charge >= 0.3 is 0 Å². The maximum atomic E-state index is 13.5. The summed E-state index contributed by atoms with van der Waals surface area (Å²) < 4.78 is 47.8. The number of carbonyl (C=O) groups is 1. The van der Waals surface area contributed by atoms with Crippen molar-refractivity contribution in [3.8, 4) is 5.75 Å². The highest BCUT2D eigenvalue weighted by atomic mass is 35.5. The molecule has 0 aliphatic heterocycles. The summed E-state index contributed by atoms with van der Waals surface area (Å²) in [6.07, 6.45) is 0.0609. The summed E-state index contributed by atoms with van der Waals surface area (Å²) in [7, 11) is -4.21. The van der Waals surface area contributed by atoms with Crippen LogP contribution in [0.25, 0.3) is 0 Å². The van der Waals surface area contributed by atoms with Gasteiger partial charge in [-0.1, -0.05) is 53.5 Å². The average Bonchev–Trinajstić information content (AvgIpc) is 2.77. The number of hydrogen-bond acceptors (Lipinski definition) is 4. The minimum Gasteiger partial charge on any atom is -0.492 e. The number of nitrogens with one attached hydrogen (secondary N) is 2. The first-order valence-electron chi connectivity index (χ1n) is 9.94. The van der Waals surface area contributed by atoms with E-state index in [-0.39, 0.29) is 39.4 Å². The Labute approximate surface area is 201 Å². The number of hydrogen-bond donors (Lipinski definition) is 2. The molecule has 10 heteroatoms. The molecule has 0 spiro atoms. The van der Waals surface area contributed by atoms with Crippen molar-refractivity contribution in [1.82, 2.24) is 4.72 Å². The highest BCUT2D eigenvalue weighted by Gasteiger charge is 2.29.